The average molecular weight is 332 g/mol. The highest BCUT2D eigenvalue weighted by Gasteiger charge is 2.15. The number of carbonyl (C=O) groups excluding carboxylic acids is 1. The van der Waals surface area contributed by atoms with Crippen molar-refractivity contribution in [3.63, 3.8) is 0 Å². The van der Waals surface area contributed by atoms with E-state index in [0.717, 1.165) is 10.2 Å². The van der Waals surface area contributed by atoms with Gasteiger partial charge in [-0.15, -0.1) is 0 Å². The summed E-state index contributed by atoms with van der Waals surface area (Å²) in [6, 6.07) is 7.19. The smallest absolute Gasteiger partial charge is 0.326 e. The zero-order valence-corrected chi connectivity index (χ0v) is 12.0. The van der Waals surface area contributed by atoms with Crippen LogP contribution in [0.3, 0.4) is 0 Å². The van der Waals surface area contributed by atoms with Gasteiger partial charge in [-0.3, -0.25) is 4.79 Å². The highest BCUT2D eigenvalue weighted by molar-refractivity contribution is 9.10. The Morgan fingerprint density at radius 1 is 1.56 bits per heavy atom. The van der Waals surface area contributed by atoms with Gasteiger partial charge in [-0.1, -0.05) is 28.1 Å². The van der Waals surface area contributed by atoms with Crippen LogP contribution in [-0.4, -0.2) is 29.3 Å². The van der Waals surface area contributed by atoms with E-state index in [1.807, 2.05) is 24.3 Å². The van der Waals surface area contributed by atoms with Gasteiger partial charge >= 0.3 is 5.97 Å². The van der Waals surface area contributed by atoms with Crippen molar-refractivity contribution in [3.05, 3.63) is 34.3 Å². The number of hydrogen-bond acceptors (Lipinski definition) is 3. The number of benzene rings is 1. The summed E-state index contributed by atoms with van der Waals surface area (Å²) in [4.78, 5) is 21.0. The number of hydrogen-bond donors (Lipinski definition) is 2. The van der Waals surface area contributed by atoms with Gasteiger partial charge in [0.15, 0.2) is 0 Å². The number of thioether (sulfide) groups is 1. The Morgan fingerprint density at radius 3 is 2.94 bits per heavy atom. The maximum Gasteiger partial charge on any atom is 0.326 e. The van der Waals surface area contributed by atoms with Gasteiger partial charge in [0.05, 0.1) is 0 Å². The molecule has 18 heavy (non-hydrogen) atoms. The van der Waals surface area contributed by atoms with Crippen molar-refractivity contribution < 1.29 is 14.7 Å². The second-order valence-electron chi connectivity index (χ2n) is 3.65. The first-order chi connectivity index (χ1) is 8.63. The van der Waals surface area contributed by atoms with Crippen LogP contribution in [0.25, 0.3) is 0 Å². The third-order valence-electron chi connectivity index (χ3n) is 2.28. The number of carbonyl (C=O) groups is 2. The lowest BCUT2D eigenvalue weighted by molar-refractivity contribution is -0.140. The van der Waals surface area contributed by atoms with Crippen molar-refractivity contribution in [2.45, 2.75) is 18.2 Å². The minimum atomic E-state index is -0.995. The Morgan fingerprint density at radius 2 is 2.33 bits per heavy atom. The van der Waals surface area contributed by atoms with Gasteiger partial charge in [0.2, 0.25) is 6.41 Å². The standard InChI is InChI=1S/C12H14BrNO3S/c13-10-3-1-2-9(6-10)7-18-5-4-11(12(16)17)14-8-15/h1-3,6,8,11H,4-5,7H2,(H,14,15)(H,16,17). The molecular formula is C12H14BrNO3S. The van der Waals surface area contributed by atoms with Crippen LogP contribution < -0.4 is 5.32 Å². The summed E-state index contributed by atoms with van der Waals surface area (Å²) in [6.45, 7) is 0. The summed E-state index contributed by atoms with van der Waals surface area (Å²) in [6.07, 6.45) is 0.852. The number of nitrogens with one attached hydrogen (secondary N) is 1. The van der Waals surface area contributed by atoms with Crippen LogP contribution in [0.4, 0.5) is 0 Å². The molecule has 0 spiro atoms. The molecule has 0 radical (unpaired) electrons. The maximum absolute atomic E-state index is 10.8. The van der Waals surface area contributed by atoms with Gasteiger partial charge in [-0.25, -0.2) is 4.79 Å². The van der Waals surface area contributed by atoms with Crippen LogP contribution in [-0.2, 0) is 15.3 Å². The molecule has 4 nitrogen and oxygen atoms in total. The fourth-order valence-corrected chi connectivity index (χ4v) is 2.79. The highest BCUT2D eigenvalue weighted by Crippen LogP contribution is 2.17. The molecule has 0 saturated carbocycles. The molecule has 1 amide bonds. The Balaban J connectivity index is 2.29. The summed E-state index contributed by atoms with van der Waals surface area (Å²) >= 11 is 5.04. The van der Waals surface area contributed by atoms with Crippen LogP contribution in [0.5, 0.6) is 0 Å². The van der Waals surface area contributed by atoms with Crippen LogP contribution in [0.15, 0.2) is 28.7 Å². The summed E-state index contributed by atoms with van der Waals surface area (Å²) in [5.74, 6) is 0.516. The van der Waals surface area contributed by atoms with E-state index in [-0.39, 0.29) is 0 Å². The summed E-state index contributed by atoms with van der Waals surface area (Å²) < 4.78 is 1.03. The first-order valence-electron chi connectivity index (χ1n) is 5.38. The van der Waals surface area contributed by atoms with E-state index in [9.17, 15) is 9.59 Å². The monoisotopic (exact) mass is 331 g/mol. The normalized spacial score (nSPS) is 11.8. The molecule has 1 aromatic carbocycles. The van der Waals surface area contributed by atoms with Gasteiger partial charge in [-0.2, -0.15) is 11.8 Å². The summed E-state index contributed by atoms with van der Waals surface area (Å²) in [5.41, 5.74) is 1.18. The number of halogens is 1. The molecule has 2 N–H and O–H groups in total. The van der Waals surface area contributed by atoms with Crippen molar-refractivity contribution in [2.24, 2.45) is 0 Å². The number of amides is 1. The molecule has 1 atom stereocenters. The predicted molar refractivity (Wildman–Crippen MR) is 75.5 cm³/mol. The second kappa shape index (κ2) is 8.16. The molecule has 1 aromatic rings. The Bertz CT molecular complexity index is 414. The van der Waals surface area contributed by atoms with Crippen molar-refractivity contribution in [1.29, 1.82) is 0 Å². The molecule has 0 aliphatic rings. The summed E-state index contributed by atoms with van der Waals surface area (Å²) in [5, 5.41) is 11.1. The minimum Gasteiger partial charge on any atom is -0.480 e. The van der Waals surface area contributed by atoms with E-state index in [0.29, 0.717) is 18.6 Å². The molecule has 1 rings (SSSR count). The van der Waals surface area contributed by atoms with Crippen molar-refractivity contribution in [2.75, 3.05) is 5.75 Å². The first-order valence-corrected chi connectivity index (χ1v) is 7.33. The SMILES string of the molecule is O=CNC(CCSCc1cccc(Br)c1)C(=O)O. The van der Waals surface area contributed by atoms with Crippen LogP contribution >= 0.6 is 27.7 Å². The third kappa shape index (κ3) is 5.55. The van der Waals surface area contributed by atoms with Gasteiger partial charge in [0.1, 0.15) is 6.04 Å². The number of rotatable bonds is 8. The first kappa shape index (κ1) is 15.0. The lowest BCUT2D eigenvalue weighted by atomic mass is 10.2. The van der Waals surface area contributed by atoms with E-state index < -0.39 is 12.0 Å². The van der Waals surface area contributed by atoms with Gasteiger partial charge in [-0.05, 0) is 29.9 Å². The van der Waals surface area contributed by atoms with E-state index in [1.54, 1.807) is 11.8 Å². The topological polar surface area (TPSA) is 66.4 Å². The van der Waals surface area contributed by atoms with Crippen molar-refractivity contribution in [1.82, 2.24) is 5.32 Å². The molecule has 98 valence electrons. The summed E-state index contributed by atoms with van der Waals surface area (Å²) in [7, 11) is 0. The Labute approximate surface area is 118 Å². The van der Waals surface area contributed by atoms with Crippen LogP contribution in [0.1, 0.15) is 12.0 Å². The largest absolute Gasteiger partial charge is 0.480 e. The zero-order chi connectivity index (χ0) is 13.4. The van der Waals surface area contributed by atoms with Gasteiger partial charge in [0, 0.05) is 10.2 Å². The highest BCUT2D eigenvalue weighted by atomic mass is 79.9. The Kier molecular flexibility index (Phi) is 6.82. The second-order valence-corrected chi connectivity index (χ2v) is 5.67. The predicted octanol–water partition coefficient (Wildman–Crippen LogP) is 2.27. The molecule has 0 aliphatic carbocycles. The molecule has 0 heterocycles. The molecule has 0 aliphatic heterocycles. The molecule has 0 fully saturated rings. The molecule has 0 saturated heterocycles. The van der Waals surface area contributed by atoms with Gasteiger partial charge < -0.3 is 10.4 Å². The van der Waals surface area contributed by atoms with Crippen molar-refractivity contribution >= 4 is 40.1 Å². The molecule has 0 bridgehead atoms. The zero-order valence-electron chi connectivity index (χ0n) is 9.64. The fraction of sp³-hybridized carbons (Fsp3) is 0.333. The molecule has 6 heteroatoms. The van der Waals surface area contributed by atoms with E-state index in [1.165, 1.54) is 5.56 Å². The minimum absolute atomic E-state index is 0.423. The maximum atomic E-state index is 10.8. The van der Waals surface area contributed by atoms with E-state index in [2.05, 4.69) is 21.2 Å². The number of carboxylic acids is 1. The van der Waals surface area contributed by atoms with Crippen LogP contribution in [0, 0.1) is 0 Å². The lowest BCUT2D eigenvalue weighted by Crippen LogP contribution is -2.36. The average Bonchev–Trinajstić information content (AvgIpc) is 2.33. The van der Waals surface area contributed by atoms with E-state index >= 15 is 0 Å². The molecule has 1 unspecified atom stereocenters. The van der Waals surface area contributed by atoms with Crippen molar-refractivity contribution in [3.8, 4) is 0 Å². The third-order valence-corrected chi connectivity index (χ3v) is 3.83. The quantitative estimate of drug-likeness (QED) is 0.566. The molecule has 0 aromatic heterocycles. The number of aliphatic carboxylic acids is 1. The lowest BCUT2D eigenvalue weighted by Gasteiger charge is -2.10. The Hall–Kier alpha value is -1.01. The molecular weight excluding hydrogens is 318 g/mol. The number of carboxylic acid groups (broad SMARTS) is 1. The van der Waals surface area contributed by atoms with Crippen LogP contribution in [0.2, 0.25) is 0 Å². The van der Waals surface area contributed by atoms with E-state index in [4.69, 9.17) is 5.11 Å². The fourth-order valence-electron chi connectivity index (χ4n) is 1.38. The van der Waals surface area contributed by atoms with Gasteiger partial charge in [0.25, 0.3) is 0 Å².